The number of fused-ring (bicyclic) bond motifs is 2. The average molecular weight is 527 g/mol. The van der Waals surface area contributed by atoms with Crippen LogP contribution in [0.1, 0.15) is 43.9 Å². The lowest BCUT2D eigenvalue weighted by Gasteiger charge is -2.49. The van der Waals surface area contributed by atoms with Gasteiger partial charge in [0, 0.05) is 17.7 Å². The topological polar surface area (TPSA) is 77.5 Å². The van der Waals surface area contributed by atoms with E-state index >= 15 is 0 Å². The maximum Gasteiger partial charge on any atom is 0.416 e. The molecular weight excluding hydrogens is 497 g/mol. The van der Waals surface area contributed by atoms with Gasteiger partial charge in [0.2, 0.25) is 0 Å². The Balaban J connectivity index is 1.24. The van der Waals surface area contributed by atoms with Gasteiger partial charge < -0.3 is 14.8 Å². The van der Waals surface area contributed by atoms with Crippen LogP contribution in [0.2, 0.25) is 0 Å². The van der Waals surface area contributed by atoms with Crippen molar-refractivity contribution in [2.75, 3.05) is 6.54 Å². The van der Waals surface area contributed by atoms with Gasteiger partial charge in [-0.3, -0.25) is 9.78 Å². The van der Waals surface area contributed by atoms with Crippen molar-refractivity contribution >= 4 is 18.1 Å². The number of aromatic nitrogens is 1. The summed E-state index contributed by atoms with van der Waals surface area (Å²) in [6.07, 6.45) is 3.84. The van der Waals surface area contributed by atoms with Gasteiger partial charge in [0.25, 0.3) is 0 Å². The van der Waals surface area contributed by atoms with Gasteiger partial charge >= 0.3 is 18.2 Å². The second kappa shape index (κ2) is 9.13. The van der Waals surface area contributed by atoms with E-state index in [-0.39, 0.29) is 41.8 Å². The van der Waals surface area contributed by atoms with Crippen molar-refractivity contribution in [3.63, 3.8) is 0 Å². The summed E-state index contributed by atoms with van der Waals surface area (Å²) < 4.78 is 50.7. The van der Waals surface area contributed by atoms with Crippen molar-refractivity contribution in [2.45, 2.75) is 50.5 Å². The monoisotopic (exact) mass is 526 g/mol. The van der Waals surface area contributed by atoms with Crippen molar-refractivity contribution in [1.29, 1.82) is 0 Å². The summed E-state index contributed by atoms with van der Waals surface area (Å²) in [4.78, 5) is 29.0. The highest BCUT2D eigenvalue weighted by Gasteiger charge is 2.57. The summed E-state index contributed by atoms with van der Waals surface area (Å²) >= 11 is 0. The van der Waals surface area contributed by atoms with Gasteiger partial charge in [-0.2, -0.15) is 13.2 Å². The minimum absolute atomic E-state index is 0.0719. The number of hydrogen-bond acceptors (Lipinski definition) is 5. The molecule has 2 saturated carbocycles. The summed E-state index contributed by atoms with van der Waals surface area (Å²) in [5.41, 5.74) is 0.564. The lowest BCUT2D eigenvalue weighted by Crippen LogP contribution is -2.49. The first kappa shape index (κ1) is 24.9. The number of rotatable bonds is 3. The quantitative estimate of drug-likeness (QED) is 0.506. The fraction of sp³-hybridized carbons (Fsp3) is 0.483. The number of alkyl halides is 3. The first-order valence-electron chi connectivity index (χ1n) is 13.1. The van der Waals surface area contributed by atoms with E-state index in [9.17, 15) is 22.8 Å². The highest BCUT2D eigenvalue weighted by Crippen LogP contribution is 2.56. The Kier molecular flexibility index (Phi) is 6.00. The number of esters is 1. The second-order valence-electron chi connectivity index (χ2n) is 11.1. The Bertz CT molecular complexity index is 1280. The fourth-order valence-corrected chi connectivity index (χ4v) is 7.23. The second-order valence-corrected chi connectivity index (χ2v) is 11.1. The zero-order chi connectivity index (χ0) is 26.7. The van der Waals surface area contributed by atoms with Crippen LogP contribution in [0.25, 0.3) is 17.2 Å². The number of amides is 1. The molecule has 1 spiro atoms. The van der Waals surface area contributed by atoms with Crippen molar-refractivity contribution < 1.29 is 32.2 Å². The number of carbonyl (C=O) groups excluding carboxylic acids is 2. The summed E-state index contributed by atoms with van der Waals surface area (Å²) in [5.74, 6) is 0.414. The summed E-state index contributed by atoms with van der Waals surface area (Å²) in [7, 11) is 0. The molecule has 4 aliphatic rings. The number of nitrogens with one attached hydrogen (secondary N) is 1. The number of alkyl carbamates (subject to hydrolysis) is 1. The molecule has 2 aromatic rings. The van der Waals surface area contributed by atoms with E-state index in [1.807, 2.05) is 13.0 Å². The number of benzene rings is 1. The zero-order valence-electron chi connectivity index (χ0n) is 20.9. The van der Waals surface area contributed by atoms with Crippen LogP contribution in [0.5, 0.6) is 0 Å². The van der Waals surface area contributed by atoms with E-state index in [2.05, 4.69) is 16.4 Å². The highest BCUT2D eigenvalue weighted by molar-refractivity contribution is 5.76. The zero-order valence-corrected chi connectivity index (χ0v) is 20.9. The minimum Gasteiger partial charge on any atom is -0.462 e. The molecule has 38 heavy (non-hydrogen) atoms. The SMILES string of the molecule is C[C@H]1OC(=O)[C@@H]2C[C@@H]3C[C@@]4(CC[C@H]3[C@H](/C=C/c3ccc(-c5cccc(C(F)(F)F)c5)cn3)[C@H]12)CNC(=O)O4. The third kappa shape index (κ3) is 4.46. The average Bonchev–Trinajstić information content (AvgIpc) is 3.39. The molecular formula is C29H29F3N2O4. The van der Waals surface area contributed by atoms with Crippen LogP contribution < -0.4 is 5.32 Å². The van der Waals surface area contributed by atoms with Gasteiger partial charge in [0.1, 0.15) is 11.7 Å². The van der Waals surface area contributed by atoms with E-state index in [4.69, 9.17) is 9.47 Å². The molecule has 0 radical (unpaired) electrons. The summed E-state index contributed by atoms with van der Waals surface area (Å²) in [6.45, 7) is 2.46. The summed E-state index contributed by atoms with van der Waals surface area (Å²) in [5, 5.41) is 2.79. The van der Waals surface area contributed by atoms with Crippen LogP contribution in [0.15, 0.2) is 48.7 Å². The summed E-state index contributed by atoms with van der Waals surface area (Å²) in [6, 6.07) is 8.77. The molecule has 2 aliphatic carbocycles. The van der Waals surface area contributed by atoms with Crippen LogP contribution in [-0.2, 0) is 20.4 Å². The third-order valence-electron chi connectivity index (χ3n) is 8.94. The molecule has 6 nitrogen and oxygen atoms in total. The molecule has 1 amide bonds. The molecule has 200 valence electrons. The number of nitrogens with zero attached hydrogens (tertiary/aromatic N) is 1. The van der Waals surface area contributed by atoms with Gasteiger partial charge in [-0.15, -0.1) is 0 Å². The van der Waals surface area contributed by atoms with E-state index in [0.29, 0.717) is 29.3 Å². The van der Waals surface area contributed by atoms with Crippen molar-refractivity contribution in [3.8, 4) is 11.1 Å². The largest absolute Gasteiger partial charge is 0.462 e. The van der Waals surface area contributed by atoms with E-state index in [1.165, 1.54) is 6.07 Å². The smallest absolute Gasteiger partial charge is 0.416 e. The standard InChI is InChI=1S/C29H29F3N2O4/c1-16-25-23(8-7-21-6-5-18(14-33-21)17-3-2-4-20(11-17)29(30,31)32)22-9-10-28(15-34-27(36)38-28)13-19(22)12-24(25)26(35)37-16/h2-8,11,14,16,19,22-25H,9-10,12-13,15H2,1H3,(H,34,36)/b8-7+/t16-,19-,22-,23+,24-,25+,28+/m1/s1. The third-order valence-corrected chi connectivity index (χ3v) is 8.94. The molecule has 0 bridgehead atoms. The first-order valence-corrected chi connectivity index (χ1v) is 13.1. The molecule has 1 aromatic heterocycles. The number of halogens is 3. The Morgan fingerprint density at radius 3 is 2.71 bits per heavy atom. The molecule has 2 saturated heterocycles. The van der Waals surface area contributed by atoms with Gasteiger partial charge in [-0.05, 0) is 80.2 Å². The molecule has 3 heterocycles. The highest BCUT2D eigenvalue weighted by atomic mass is 19.4. The first-order chi connectivity index (χ1) is 18.1. The van der Waals surface area contributed by atoms with E-state index in [1.54, 1.807) is 24.4 Å². The molecule has 7 atom stereocenters. The van der Waals surface area contributed by atoms with Crippen LogP contribution in [0.3, 0.4) is 0 Å². The number of allylic oxidation sites excluding steroid dienone is 1. The maximum absolute atomic E-state index is 13.1. The van der Waals surface area contributed by atoms with Gasteiger partial charge in [0.05, 0.1) is 23.7 Å². The lowest BCUT2D eigenvalue weighted by molar-refractivity contribution is -0.145. The Labute approximate surface area is 218 Å². The predicted octanol–water partition coefficient (Wildman–Crippen LogP) is 5.87. The predicted molar refractivity (Wildman–Crippen MR) is 132 cm³/mol. The van der Waals surface area contributed by atoms with Crippen LogP contribution in [-0.4, -0.2) is 35.3 Å². The van der Waals surface area contributed by atoms with E-state index < -0.39 is 17.3 Å². The number of pyridine rings is 1. The Morgan fingerprint density at radius 1 is 1.16 bits per heavy atom. The Morgan fingerprint density at radius 2 is 2.00 bits per heavy atom. The Hall–Kier alpha value is -3.36. The van der Waals surface area contributed by atoms with E-state index in [0.717, 1.165) is 37.8 Å². The van der Waals surface area contributed by atoms with Crippen molar-refractivity contribution in [2.24, 2.45) is 29.6 Å². The van der Waals surface area contributed by atoms with Crippen LogP contribution in [0, 0.1) is 29.6 Å². The maximum atomic E-state index is 13.1. The molecule has 2 aliphatic heterocycles. The number of ether oxygens (including phenoxy) is 2. The van der Waals surface area contributed by atoms with Gasteiger partial charge in [-0.1, -0.05) is 24.3 Å². The van der Waals surface area contributed by atoms with Crippen LogP contribution in [0.4, 0.5) is 18.0 Å². The molecule has 4 fully saturated rings. The van der Waals surface area contributed by atoms with Gasteiger partial charge in [0.15, 0.2) is 0 Å². The molecule has 1 aromatic carbocycles. The fourth-order valence-electron chi connectivity index (χ4n) is 7.23. The molecule has 0 unspecified atom stereocenters. The van der Waals surface area contributed by atoms with Crippen LogP contribution >= 0.6 is 0 Å². The number of carbonyl (C=O) groups is 2. The lowest BCUT2D eigenvalue weighted by atomic mass is 9.55. The van der Waals surface area contributed by atoms with Crippen molar-refractivity contribution in [1.82, 2.24) is 10.3 Å². The number of hydrogen-bond donors (Lipinski definition) is 1. The molecule has 6 rings (SSSR count). The molecule has 1 N–H and O–H groups in total. The van der Waals surface area contributed by atoms with Gasteiger partial charge in [-0.25, -0.2) is 4.79 Å². The van der Waals surface area contributed by atoms with Crippen molar-refractivity contribution in [3.05, 3.63) is 59.9 Å². The molecule has 9 heteroatoms. The minimum atomic E-state index is -4.40. The normalized spacial score (nSPS) is 34.5. The number of cyclic esters (lactones) is 1.